The van der Waals surface area contributed by atoms with Crippen LogP contribution >= 0.6 is 0 Å². The lowest BCUT2D eigenvalue weighted by molar-refractivity contribution is -0.180. The summed E-state index contributed by atoms with van der Waals surface area (Å²) in [6.45, 7) is 0.471. The predicted molar refractivity (Wildman–Crippen MR) is 57.4 cm³/mol. The summed E-state index contributed by atoms with van der Waals surface area (Å²) in [7, 11) is 0. The summed E-state index contributed by atoms with van der Waals surface area (Å²) in [5.41, 5.74) is 5.10. The lowest BCUT2D eigenvalue weighted by Crippen LogP contribution is -2.59. The third kappa shape index (κ3) is 3.42. The number of carbonyl (C=O) groups excluding carboxylic acids is 2. The molecule has 3 N–H and O–H groups in total. The first-order valence-corrected chi connectivity index (χ1v) is 5.64. The number of nitrogens with two attached hydrogens (primary N) is 1. The Balaban J connectivity index is 2.78. The summed E-state index contributed by atoms with van der Waals surface area (Å²) >= 11 is 0. The van der Waals surface area contributed by atoms with Gasteiger partial charge in [-0.05, 0) is 6.42 Å². The molecule has 0 aromatic heterocycles. The predicted octanol–water partition coefficient (Wildman–Crippen LogP) is -0.139. The van der Waals surface area contributed by atoms with E-state index < -0.39 is 43.0 Å². The van der Waals surface area contributed by atoms with E-state index in [-0.39, 0.29) is 6.54 Å². The number of rotatable bonds is 4. The van der Waals surface area contributed by atoms with Gasteiger partial charge in [-0.25, -0.2) is 0 Å². The summed E-state index contributed by atoms with van der Waals surface area (Å²) in [4.78, 5) is 23.9. The highest BCUT2D eigenvalue weighted by Gasteiger charge is 2.42. The number of piperazine rings is 1. The standard InChI is InChI=1S/C10H16F3N3O2/c1-2-7-9(18)15-8(17)5-16(7)4-6(3-14)10(11,12)13/h6-7H,2-5,14H2,1H3,(H,15,17,18). The van der Waals surface area contributed by atoms with Gasteiger partial charge in [0.1, 0.15) is 0 Å². The van der Waals surface area contributed by atoms with Crippen LogP contribution in [0.1, 0.15) is 13.3 Å². The minimum Gasteiger partial charge on any atom is -0.330 e. The number of hydrogen-bond donors (Lipinski definition) is 2. The summed E-state index contributed by atoms with van der Waals surface area (Å²) in [6.07, 6.45) is -4.09. The van der Waals surface area contributed by atoms with Crippen LogP contribution in [0.2, 0.25) is 0 Å². The van der Waals surface area contributed by atoms with E-state index >= 15 is 0 Å². The third-order valence-electron chi connectivity index (χ3n) is 2.94. The van der Waals surface area contributed by atoms with Gasteiger partial charge in [-0.1, -0.05) is 6.92 Å². The number of imide groups is 1. The molecule has 104 valence electrons. The molecule has 8 heteroatoms. The topological polar surface area (TPSA) is 75.4 Å². The number of nitrogens with zero attached hydrogens (tertiary/aromatic N) is 1. The highest BCUT2D eigenvalue weighted by atomic mass is 19.4. The lowest BCUT2D eigenvalue weighted by Gasteiger charge is -2.35. The zero-order chi connectivity index (χ0) is 13.9. The SMILES string of the molecule is CCC1C(=O)NC(=O)CN1CC(CN)C(F)(F)F. The Bertz CT molecular complexity index is 333. The minimum atomic E-state index is -4.43. The van der Waals surface area contributed by atoms with Gasteiger partial charge in [0.2, 0.25) is 11.8 Å². The number of halogens is 3. The maximum absolute atomic E-state index is 12.6. The second-order valence-corrected chi connectivity index (χ2v) is 4.24. The van der Waals surface area contributed by atoms with E-state index in [4.69, 9.17) is 5.73 Å². The molecule has 1 heterocycles. The molecule has 1 rings (SSSR count). The molecule has 2 amide bonds. The average Bonchev–Trinajstić information content (AvgIpc) is 2.23. The molecule has 2 atom stereocenters. The molecule has 0 aromatic carbocycles. The van der Waals surface area contributed by atoms with Gasteiger partial charge in [0.25, 0.3) is 0 Å². The smallest absolute Gasteiger partial charge is 0.330 e. The Hall–Kier alpha value is -1.15. The minimum absolute atomic E-state index is 0.211. The van der Waals surface area contributed by atoms with E-state index in [0.29, 0.717) is 6.42 Å². The van der Waals surface area contributed by atoms with Crippen molar-refractivity contribution in [3.05, 3.63) is 0 Å². The zero-order valence-electron chi connectivity index (χ0n) is 9.96. The van der Waals surface area contributed by atoms with Gasteiger partial charge in [0, 0.05) is 13.1 Å². The quantitative estimate of drug-likeness (QED) is 0.695. The van der Waals surface area contributed by atoms with Gasteiger partial charge in [-0.3, -0.25) is 19.8 Å². The van der Waals surface area contributed by atoms with Crippen molar-refractivity contribution in [3.63, 3.8) is 0 Å². The van der Waals surface area contributed by atoms with Crippen LogP contribution in [-0.2, 0) is 9.59 Å². The maximum Gasteiger partial charge on any atom is 0.394 e. The second-order valence-electron chi connectivity index (χ2n) is 4.24. The zero-order valence-corrected chi connectivity index (χ0v) is 9.96. The number of nitrogens with one attached hydrogen (secondary N) is 1. The molecule has 18 heavy (non-hydrogen) atoms. The first kappa shape index (κ1) is 14.9. The number of hydrogen-bond acceptors (Lipinski definition) is 4. The van der Waals surface area contributed by atoms with Crippen molar-refractivity contribution in [1.82, 2.24) is 10.2 Å². The van der Waals surface area contributed by atoms with Crippen molar-refractivity contribution in [1.29, 1.82) is 0 Å². The van der Waals surface area contributed by atoms with Crippen LogP contribution in [0.4, 0.5) is 13.2 Å². The van der Waals surface area contributed by atoms with E-state index in [1.165, 1.54) is 4.90 Å². The summed E-state index contributed by atoms with van der Waals surface area (Å²) in [5, 5.41) is 2.11. The Labute approximate surface area is 102 Å². The monoisotopic (exact) mass is 267 g/mol. The van der Waals surface area contributed by atoms with Crippen molar-refractivity contribution in [2.45, 2.75) is 25.6 Å². The van der Waals surface area contributed by atoms with Crippen LogP contribution in [0.25, 0.3) is 0 Å². The van der Waals surface area contributed by atoms with Crippen LogP contribution in [0.3, 0.4) is 0 Å². The molecule has 1 aliphatic heterocycles. The Morgan fingerprint density at radius 3 is 2.56 bits per heavy atom. The van der Waals surface area contributed by atoms with E-state index in [9.17, 15) is 22.8 Å². The molecule has 0 bridgehead atoms. The molecule has 1 aliphatic rings. The fraction of sp³-hybridized carbons (Fsp3) is 0.800. The van der Waals surface area contributed by atoms with Gasteiger partial charge in [-0.15, -0.1) is 0 Å². The van der Waals surface area contributed by atoms with Crippen LogP contribution in [-0.4, -0.2) is 48.6 Å². The number of carbonyl (C=O) groups is 2. The van der Waals surface area contributed by atoms with Crippen molar-refractivity contribution in [2.75, 3.05) is 19.6 Å². The van der Waals surface area contributed by atoms with Crippen LogP contribution in [0, 0.1) is 5.92 Å². The number of amides is 2. The van der Waals surface area contributed by atoms with Crippen LogP contribution in [0.15, 0.2) is 0 Å². The van der Waals surface area contributed by atoms with E-state index in [1.54, 1.807) is 6.92 Å². The summed E-state index contributed by atoms with van der Waals surface area (Å²) < 4.78 is 37.8. The van der Waals surface area contributed by atoms with Gasteiger partial charge < -0.3 is 5.73 Å². The van der Waals surface area contributed by atoms with Crippen molar-refractivity contribution >= 4 is 11.8 Å². The first-order chi connectivity index (χ1) is 8.29. The normalized spacial score (nSPS) is 23.9. The fourth-order valence-corrected chi connectivity index (χ4v) is 1.95. The number of alkyl halides is 3. The van der Waals surface area contributed by atoms with Gasteiger partial charge in [0.05, 0.1) is 18.5 Å². The van der Waals surface area contributed by atoms with E-state index in [1.807, 2.05) is 0 Å². The van der Waals surface area contributed by atoms with Gasteiger partial charge in [-0.2, -0.15) is 13.2 Å². The summed E-state index contributed by atoms with van der Waals surface area (Å²) in [5.74, 6) is -2.86. The highest BCUT2D eigenvalue weighted by Crippen LogP contribution is 2.27. The molecule has 5 nitrogen and oxygen atoms in total. The van der Waals surface area contributed by atoms with E-state index in [0.717, 1.165) is 0 Å². The molecule has 1 saturated heterocycles. The molecule has 2 unspecified atom stereocenters. The molecular weight excluding hydrogens is 251 g/mol. The molecule has 0 aliphatic carbocycles. The Kier molecular flexibility index (Phi) is 4.69. The Morgan fingerprint density at radius 1 is 1.50 bits per heavy atom. The van der Waals surface area contributed by atoms with Crippen LogP contribution in [0.5, 0.6) is 0 Å². The largest absolute Gasteiger partial charge is 0.394 e. The first-order valence-electron chi connectivity index (χ1n) is 5.64. The van der Waals surface area contributed by atoms with Crippen molar-refractivity contribution in [2.24, 2.45) is 11.7 Å². The molecule has 0 aromatic rings. The average molecular weight is 267 g/mol. The molecule has 0 saturated carbocycles. The summed E-state index contributed by atoms with van der Waals surface area (Å²) in [6, 6.07) is -0.709. The van der Waals surface area contributed by atoms with Gasteiger partial charge >= 0.3 is 6.18 Å². The highest BCUT2D eigenvalue weighted by molar-refractivity contribution is 6.01. The second kappa shape index (κ2) is 5.66. The van der Waals surface area contributed by atoms with Crippen molar-refractivity contribution < 1.29 is 22.8 Å². The van der Waals surface area contributed by atoms with Gasteiger partial charge in [0.15, 0.2) is 0 Å². The van der Waals surface area contributed by atoms with E-state index in [2.05, 4.69) is 5.32 Å². The molecular formula is C10H16F3N3O2. The molecule has 0 spiro atoms. The molecule has 1 fully saturated rings. The Morgan fingerprint density at radius 2 is 2.11 bits per heavy atom. The molecule has 0 radical (unpaired) electrons. The maximum atomic E-state index is 12.6. The fourth-order valence-electron chi connectivity index (χ4n) is 1.95. The third-order valence-corrected chi connectivity index (χ3v) is 2.94. The van der Waals surface area contributed by atoms with Crippen molar-refractivity contribution in [3.8, 4) is 0 Å². The van der Waals surface area contributed by atoms with Crippen LogP contribution < -0.4 is 11.1 Å². The lowest BCUT2D eigenvalue weighted by atomic mass is 10.0.